The molecule has 0 radical (unpaired) electrons. The first-order valence-corrected chi connectivity index (χ1v) is 8.00. The summed E-state index contributed by atoms with van der Waals surface area (Å²) < 4.78 is 11.5. The number of carbonyl (C=O) groups excluding carboxylic acids is 1. The Morgan fingerprint density at radius 1 is 1.29 bits per heavy atom. The van der Waals surface area contributed by atoms with Gasteiger partial charge in [-0.3, -0.25) is 14.7 Å². The van der Waals surface area contributed by atoms with Gasteiger partial charge in [0.2, 0.25) is 5.91 Å². The molecule has 1 fully saturated rings. The zero-order valence-corrected chi connectivity index (χ0v) is 13.4. The highest BCUT2D eigenvalue weighted by atomic mass is 16.5. The molecule has 1 aromatic carbocycles. The van der Waals surface area contributed by atoms with Gasteiger partial charge in [-0.15, -0.1) is 0 Å². The molecule has 1 saturated heterocycles. The molecule has 1 unspecified atom stereocenters. The van der Waals surface area contributed by atoms with Crippen molar-refractivity contribution >= 4 is 5.91 Å². The van der Waals surface area contributed by atoms with E-state index in [4.69, 9.17) is 15.2 Å². The smallest absolute Gasteiger partial charge is 0.250 e. The number of hydrogen-bond acceptors (Lipinski definition) is 5. The van der Waals surface area contributed by atoms with Crippen molar-refractivity contribution in [1.29, 1.82) is 0 Å². The zero-order valence-electron chi connectivity index (χ0n) is 13.4. The molecule has 1 atom stereocenters. The number of hydrogen-bond donors (Lipinski definition) is 1. The Morgan fingerprint density at radius 3 is 2.83 bits per heavy atom. The first kappa shape index (κ1) is 16.4. The van der Waals surface area contributed by atoms with E-state index in [1.807, 2.05) is 30.3 Å². The summed E-state index contributed by atoms with van der Waals surface area (Å²) in [5, 5.41) is 0. The highest BCUT2D eigenvalue weighted by Crippen LogP contribution is 2.20. The molecule has 0 aliphatic carbocycles. The van der Waals surface area contributed by atoms with Crippen LogP contribution in [0.5, 0.6) is 5.75 Å². The van der Waals surface area contributed by atoms with Gasteiger partial charge >= 0.3 is 0 Å². The molecule has 2 aromatic rings. The second-order valence-corrected chi connectivity index (χ2v) is 5.66. The Morgan fingerprint density at radius 2 is 2.12 bits per heavy atom. The van der Waals surface area contributed by atoms with Gasteiger partial charge in [-0.25, -0.2) is 0 Å². The van der Waals surface area contributed by atoms with Crippen LogP contribution in [0.1, 0.15) is 22.2 Å². The lowest BCUT2D eigenvalue weighted by Crippen LogP contribution is -2.40. The third kappa shape index (κ3) is 4.31. The summed E-state index contributed by atoms with van der Waals surface area (Å²) in [4.78, 5) is 17.7. The van der Waals surface area contributed by atoms with Gasteiger partial charge in [-0.05, 0) is 24.3 Å². The standard InChI is InChI=1S/C18H21N3O3/c19-18(22)14-6-7-16(20-12-14)17-13-21(9-11-24-17)8-10-23-15-4-2-1-3-5-15/h1-7,12,17H,8-11,13H2,(H2,19,22). The average Bonchev–Trinajstić information content (AvgIpc) is 2.63. The van der Waals surface area contributed by atoms with Crippen LogP contribution in [0.25, 0.3) is 0 Å². The Bertz CT molecular complexity index is 661. The van der Waals surface area contributed by atoms with E-state index in [9.17, 15) is 4.79 Å². The first-order valence-electron chi connectivity index (χ1n) is 8.00. The molecule has 0 saturated carbocycles. The van der Waals surface area contributed by atoms with Gasteiger partial charge in [0.05, 0.1) is 17.9 Å². The van der Waals surface area contributed by atoms with Crippen LogP contribution in [-0.4, -0.2) is 48.6 Å². The van der Waals surface area contributed by atoms with Crippen LogP contribution in [-0.2, 0) is 4.74 Å². The highest BCUT2D eigenvalue weighted by molar-refractivity contribution is 5.92. The average molecular weight is 327 g/mol. The lowest BCUT2D eigenvalue weighted by atomic mass is 10.1. The van der Waals surface area contributed by atoms with E-state index >= 15 is 0 Å². The molecule has 6 nitrogen and oxygen atoms in total. The van der Waals surface area contributed by atoms with E-state index in [0.29, 0.717) is 18.8 Å². The Kier molecular flexibility index (Phi) is 5.40. The number of para-hydroxylation sites is 1. The summed E-state index contributed by atoms with van der Waals surface area (Å²) in [6.45, 7) is 3.73. The minimum atomic E-state index is -0.474. The molecule has 0 bridgehead atoms. The van der Waals surface area contributed by atoms with Crippen molar-refractivity contribution in [3.05, 3.63) is 59.9 Å². The number of rotatable bonds is 6. The van der Waals surface area contributed by atoms with Gasteiger partial charge in [-0.2, -0.15) is 0 Å². The number of primary amides is 1. The van der Waals surface area contributed by atoms with Crippen LogP contribution in [0, 0.1) is 0 Å². The van der Waals surface area contributed by atoms with Gasteiger partial charge in [-0.1, -0.05) is 18.2 Å². The Labute approximate surface area is 141 Å². The summed E-state index contributed by atoms with van der Waals surface area (Å²) in [6, 6.07) is 13.3. The summed E-state index contributed by atoms with van der Waals surface area (Å²) in [7, 11) is 0. The molecule has 2 heterocycles. The highest BCUT2D eigenvalue weighted by Gasteiger charge is 2.23. The summed E-state index contributed by atoms with van der Waals surface area (Å²) in [6.07, 6.45) is 1.40. The van der Waals surface area contributed by atoms with E-state index < -0.39 is 5.91 Å². The summed E-state index contributed by atoms with van der Waals surface area (Å²) in [5.41, 5.74) is 6.45. The third-order valence-corrected chi connectivity index (χ3v) is 3.97. The molecular formula is C18H21N3O3. The van der Waals surface area contributed by atoms with Crippen LogP contribution in [0.4, 0.5) is 0 Å². The molecule has 3 rings (SSSR count). The van der Waals surface area contributed by atoms with Crippen molar-refractivity contribution in [3.8, 4) is 5.75 Å². The van der Waals surface area contributed by atoms with Crippen molar-refractivity contribution < 1.29 is 14.3 Å². The third-order valence-electron chi connectivity index (χ3n) is 3.97. The Balaban J connectivity index is 1.51. The topological polar surface area (TPSA) is 77.7 Å². The SMILES string of the molecule is NC(=O)c1ccc(C2CN(CCOc3ccccc3)CCO2)nc1. The monoisotopic (exact) mass is 327 g/mol. The molecule has 1 amide bonds. The van der Waals surface area contributed by atoms with Crippen LogP contribution in [0.3, 0.4) is 0 Å². The number of aromatic nitrogens is 1. The molecule has 2 N–H and O–H groups in total. The number of benzene rings is 1. The van der Waals surface area contributed by atoms with Crippen molar-refractivity contribution in [3.63, 3.8) is 0 Å². The summed E-state index contributed by atoms with van der Waals surface area (Å²) in [5.74, 6) is 0.407. The number of amides is 1. The number of pyridine rings is 1. The Hall–Kier alpha value is -2.44. The van der Waals surface area contributed by atoms with Crippen molar-refractivity contribution in [2.75, 3.05) is 32.8 Å². The minimum Gasteiger partial charge on any atom is -0.492 e. The molecule has 126 valence electrons. The van der Waals surface area contributed by atoms with Crippen LogP contribution >= 0.6 is 0 Å². The lowest BCUT2D eigenvalue weighted by molar-refractivity contribution is -0.0349. The van der Waals surface area contributed by atoms with Crippen molar-refractivity contribution in [1.82, 2.24) is 9.88 Å². The predicted molar refractivity (Wildman–Crippen MR) is 89.8 cm³/mol. The largest absolute Gasteiger partial charge is 0.492 e. The van der Waals surface area contributed by atoms with Crippen molar-refractivity contribution in [2.24, 2.45) is 5.73 Å². The predicted octanol–water partition coefficient (Wildman–Crippen LogP) is 1.63. The first-order chi connectivity index (χ1) is 11.7. The zero-order chi connectivity index (χ0) is 16.8. The van der Waals surface area contributed by atoms with Gasteiger partial charge in [0.1, 0.15) is 18.5 Å². The lowest BCUT2D eigenvalue weighted by Gasteiger charge is -2.32. The van der Waals surface area contributed by atoms with Crippen LogP contribution in [0.2, 0.25) is 0 Å². The maximum atomic E-state index is 11.1. The van der Waals surface area contributed by atoms with Crippen molar-refractivity contribution in [2.45, 2.75) is 6.10 Å². The molecule has 1 aliphatic rings. The quantitative estimate of drug-likeness (QED) is 0.872. The normalized spacial score (nSPS) is 18.2. The fourth-order valence-electron chi connectivity index (χ4n) is 2.64. The van der Waals surface area contributed by atoms with E-state index in [2.05, 4.69) is 9.88 Å². The molecule has 24 heavy (non-hydrogen) atoms. The molecule has 1 aliphatic heterocycles. The number of carbonyl (C=O) groups is 1. The van der Waals surface area contributed by atoms with Crippen LogP contribution in [0.15, 0.2) is 48.7 Å². The maximum absolute atomic E-state index is 11.1. The number of nitrogens with zero attached hydrogens (tertiary/aromatic N) is 2. The summed E-state index contributed by atoms with van der Waals surface area (Å²) >= 11 is 0. The second kappa shape index (κ2) is 7.90. The van der Waals surface area contributed by atoms with E-state index in [-0.39, 0.29) is 6.10 Å². The molecule has 1 aromatic heterocycles. The molecular weight excluding hydrogens is 306 g/mol. The van der Waals surface area contributed by atoms with E-state index in [1.165, 1.54) is 6.20 Å². The minimum absolute atomic E-state index is 0.0996. The van der Waals surface area contributed by atoms with E-state index in [0.717, 1.165) is 31.1 Å². The van der Waals surface area contributed by atoms with Gasteiger partial charge in [0.15, 0.2) is 0 Å². The van der Waals surface area contributed by atoms with Gasteiger partial charge in [0.25, 0.3) is 0 Å². The van der Waals surface area contributed by atoms with Gasteiger partial charge < -0.3 is 15.2 Å². The fourth-order valence-corrected chi connectivity index (χ4v) is 2.64. The fraction of sp³-hybridized carbons (Fsp3) is 0.333. The maximum Gasteiger partial charge on any atom is 0.250 e. The molecule has 6 heteroatoms. The van der Waals surface area contributed by atoms with Crippen LogP contribution < -0.4 is 10.5 Å². The number of morpholine rings is 1. The second-order valence-electron chi connectivity index (χ2n) is 5.66. The van der Waals surface area contributed by atoms with Gasteiger partial charge in [0, 0.05) is 25.8 Å². The number of ether oxygens (including phenoxy) is 2. The number of nitrogens with two attached hydrogens (primary N) is 1. The van der Waals surface area contributed by atoms with E-state index in [1.54, 1.807) is 12.1 Å². The molecule has 0 spiro atoms.